The van der Waals surface area contributed by atoms with E-state index in [2.05, 4.69) is 10.2 Å². The largest absolute Gasteiger partial charge is 0.400 e. The van der Waals surface area contributed by atoms with Gasteiger partial charge in [-0.15, -0.1) is 5.10 Å². The fourth-order valence-corrected chi connectivity index (χ4v) is 2.60. The first-order valence-corrected chi connectivity index (χ1v) is 6.76. The van der Waals surface area contributed by atoms with Crippen LogP contribution in [0, 0.1) is 0 Å². The zero-order valence-electron chi connectivity index (χ0n) is 10.2. The molecule has 5 nitrogen and oxygen atoms in total. The summed E-state index contributed by atoms with van der Waals surface area (Å²) in [5.41, 5.74) is -0.507. The fourth-order valence-electron chi connectivity index (χ4n) is 1.77. The van der Waals surface area contributed by atoms with E-state index in [1.807, 2.05) is 0 Å². The summed E-state index contributed by atoms with van der Waals surface area (Å²) in [7, 11) is 0. The Kier molecular flexibility index (Phi) is 4.24. The maximum Gasteiger partial charge on any atom is 0.400 e. The Labute approximate surface area is 111 Å². The number of aromatic amines is 1. The van der Waals surface area contributed by atoms with Gasteiger partial charge in [-0.05, 0) is 19.8 Å². The van der Waals surface area contributed by atoms with Gasteiger partial charge in [-0.1, -0.05) is 11.8 Å². The van der Waals surface area contributed by atoms with Crippen molar-refractivity contribution in [2.45, 2.75) is 49.0 Å². The first-order chi connectivity index (χ1) is 8.88. The number of halogens is 3. The Morgan fingerprint density at radius 2 is 2.37 bits per heavy atom. The Morgan fingerprint density at radius 1 is 1.63 bits per heavy atom. The fraction of sp³-hybridized carbons (Fsp3) is 0.800. The van der Waals surface area contributed by atoms with Gasteiger partial charge in [0, 0.05) is 6.61 Å². The van der Waals surface area contributed by atoms with E-state index < -0.39 is 17.1 Å². The molecule has 19 heavy (non-hydrogen) atoms. The van der Waals surface area contributed by atoms with Crippen LogP contribution in [0.3, 0.4) is 0 Å². The Balaban J connectivity index is 2.10. The molecule has 2 rings (SSSR count). The molecular weight excluding hydrogens is 283 g/mol. The number of nitrogens with one attached hydrogen (secondary N) is 1. The number of ether oxygens (including phenoxy) is 1. The van der Waals surface area contributed by atoms with Crippen molar-refractivity contribution in [3.8, 4) is 0 Å². The quantitative estimate of drug-likeness (QED) is 0.861. The molecule has 0 bridgehead atoms. The van der Waals surface area contributed by atoms with Crippen LogP contribution in [0.1, 0.15) is 19.8 Å². The molecule has 1 fully saturated rings. The van der Waals surface area contributed by atoms with Crippen LogP contribution in [0.4, 0.5) is 13.2 Å². The number of H-pyrrole nitrogens is 1. The number of thioether (sulfide) groups is 1. The van der Waals surface area contributed by atoms with Gasteiger partial charge in [0.05, 0.1) is 12.6 Å². The van der Waals surface area contributed by atoms with E-state index in [0.717, 1.165) is 19.8 Å². The monoisotopic (exact) mass is 297 g/mol. The zero-order valence-corrected chi connectivity index (χ0v) is 11.1. The van der Waals surface area contributed by atoms with Crippen LogP contribution >= 0.6 is 11.8 Å². The van der Waals surface area contributed by atoms with Gasteiger partial charge in [-0.2, -0.15) is 13.2 Å². The average molecular weight is 297 g/mol. The summed E-state index contributed by atoms with van der Waals surface area (Å²) in [6.07, 6.45) is -2.75. The lowest BCUT2D eigenvalue weighted by Gasteiger charge is -2.15. The molecule has 2 unspecified atom stereocenters. The summed E-state index contributed by atoms with van der Waals surface area (Å²) in [6.45, 7) is 1.90. The Hall–Kier alpha value is -0.960. The van der Waals surface area contributed by atoms with Gasteiger partial charge in [0.15, 0.2) is 5.16 Å². The molecule has 0 aromatic carbocycles. The van der Waals surface area contributed by atoms with Crippen molar-refractivity contribution in [3.05, 3.63) is 10.5 Å². The zero-order chi connectivity index (χ0) is 14.0. The summed E-state index contributed by atoms with van der Waals surface area (Å²) in [5.74, 6) is 0. The van der Waals surface area contributed by atoms with Gasteiger partial charge in [0.1, 0.15) is 5.25 Å². The summed E-state index contributed by atoms with van der Waals surface area (Å²) < 4.78 is 44.1. The minimum atomic E-state index is -4.33. The number of rotatable bonds is 4. The maximum absolute atomic E-state index is 12.5. The number of alkyl halides is 3. The molecule has 108 valence electrons. The van der Waals surface area contributed by atoms with Crippen LogP contribution in [0.15, 0.2) is 9.95 Å². The second kappa shape index (κ2) is 5.58. The molecule has 0 radical (unpaired) electrons. The number of hydrogen-bond donors (Lipinski definition) is 1. The molecule has 2 heterocycles. The third-order valence-electron chi connectivity index (χ3n) is 2.88. The summed E-state index contributed by atoms with van der Waals surface area (Å²) in [5, 5.41) is 4.25. The van der Waals surface area contributed by atoms with Crippen molar-refractivity contribution in [1.29, 1.82) is 0 Å². The van der Waals surface area contributed by atoms with Crippen molar-refractivity contribution in [3.63, 3.8) is 0 Å². The first kappa shape index (κ1) is 14.4. The van der Waals surface area contributed by atoms with E-state index in [0.29, 0.717) is 18.4 Å². The molecule has 1 aromatic rings. The van der Waals surface area contributed by atoms with E-state index in [1.165, 1.54) is 4.57 Å². The summed E-state index contributed by atoms with van der Waals surface area (Å²) >= 11 is 0.521. The molecule has 1 aromatic heterocycles. The maximum atomic E-state index is 12.5. The molecule has 1 N–H and O–H groups in total. The number of aromatic nitrogens is 3. The van der Waals surface area contributed by atoms with Crippen LogP contribution in [-0.2, 0) is 11.3 Å². The minimum Gasteiger partial charge on any atom is -0.376 e. The minimum absolute atomic E-state index is 0.0466. The van der Waals surface area contributed by atoms with Crippen molar-refractivity contribution in [1.82, 2.24) is 14.8 Å². The SMILES string of the molecule is CC(Sc1n[nH]c(=O)n1CC1CCCO1)C(F)(F)F. The molecule has 0 saturated carbocycles. The molecule has 1 aliphatic heterocycles. The molecule has 0 aliphatic carbocycles. The van der Waals surface area contributed by atoms with E-state index in [4.69, 9.17) is 4.74 Å². The van der Waals surface area contributed by atoms with Crippen molar-refractivity contribution in [2.24, 2.45) is 0 Å². The Bertz CT molecular complexity index is 479. The highest BCUT2D eigenvalue weighted by molar-refractivity contribution is 7.99. The normalized spacial score (nSPS) is 21.8. The van der Waals surface area contributed by atoms with Crippen molar-refractivity contribution in [2.75, 3.05) is 6.61 Å². The molecule has 1 saturated heterocycles. The van der Waals surface area contributed by atoms with Crippen LogP contribution in [0.25, 0.3) is 0 Å². The number of hydrogen-bond acceptors (Lipinski definition) is 4. The first-order valence-electron chi connectivity index (χ1n) is 5.88. The van der Waals surface area contributed by atoms with Crippen LogP contribution < -0.4 is 5.69 Å². The van der Waals surface area contributed by atoms with E-state index in [-0.39, 0.29) is 17.8 Å². The van der Waals surface area contributed by atoms with Gasteiger partial charge in [0.25, 0.3) is 0 Å². The van der Waals surface area contributed by atoms with Gasteiger partial charge in [-0.25, -0.2) is 9.89 Å². The second-order valence-corrected chi connectivity index (χ2v) is 5.67. The topological polar surface area (TPSA) is 59.9 Å². The molecule has 2 atom stereocenters. The third-order valence-corrected chi connectivity index (χ3v) is 4.02. The van der Waals surface area contributed by atoms with Crippen LogP contribution in [0.5, 0.6) is 0 Å². The van der Waals surface area contributed by atoms with Gasteiger partial charge < -0.3 is 4.74 Å². The smallest absolute Gasteiger partial charge is 0.376 e. The lowest BCUT2D eigenvalue weighted by molar-refractivity contribution is -0.125. The lowest BCUT2D eigenvalue weighted by atomic mass is 10.2. The highest BCUT2D eigenvalue weighted by atomic mass is 32.2. The van der Waals surface area contributed by atoms with Crippen LogP contribution in [-0.4, -0.2) is 38.9 Å². The average Bonchev–Trinajstić information content (AvgIpc) is 2.92. The Morgan fingerprint density at radius 3 is 2.95 bits per heavy atom. The number of nitrogens with zero attached hydrogens (tertiary/aromatic N) is 2. The predicted octanol–water partition coefficient (Wildman–Crippen LogP) is 1.79. The van der Waals surface area contributed by atoms with Gasteiger partial charge in [-0.3, -0.25) is 4.57 Å². The van der Waals surface area contributed by atoms with Gasteiger partial charge in [0.2, 0.25) is 0 Å². The van der Waals surface area contributed by atoms with Crippen LogP contribution in [0.2, 0.25) is 0 Å². The van der Waals surface area contributed by atoms with E-state index in [1.54, 1.807) is 0 Å². The highest BCUT2D eigenvalue weighted by Crippen LogP contribution is 2.33. The third kappa shape index (κ3) is 3.53. The van der Waals surface area contributed by atoms with Gasteiger partial charge >= 0.3 is 11.9 Å². The molecule has 1 aliphatic rings. The highest BCUT2D eigenvalue weighted by Gasteiger charge is 2.38. The second-order valence-electron chi connectivity index (χ2n) is 4.36. The molecule has 9 heteroatoms. The molecular formula is C10H14F3N3O2S. The predicted molar refractivity (Wildman–Crippen MR) is 63.2 cm³/mol. The molecule has 0 spiro atoms. The van der Waals surface area contributed by atoms with Crippen molar-refractivity contribution < 1.29 is 17.9 Å². The lowest BCUT2D eigenvalue weighted by Crippen LogP contribution is -2.27. The summed E-state index contributed by atoms with van der Waals surface area (Å²) in [4.78, 5) is 11.6. The molecule has 0 amide bonds. The van der Waals surface area contributed by atoms with Crippen molar-refractivity contribution >= 4 is 11.8 Å². The summed E-state index contributed by atoms with van der Waals surface area (Å²) in [6, 6.07) is 0. The van der Waals surface area contributed by atoms with E-state index >= 15 is 0 Å². The standard InChI is InChI=1S/C10H14F3N3O2S/c1-6(10(11,12)13)19-9-15-14-8(17)16(9)5-7-3-2-4-18-7/h6-7H,2-5H2,1H3,(H,14,17). The van der Waals surface area contributed by atoms with E-state index in [9.17, 15) is 18.0 Å².